The Labute approximate surface area is 236 Å². The Morgan fingerprint density at radius 2 is 1.98 bits per heavy atom. The topological polar surface area (TPSA) is 133 Å². The van der Waals surface area contributed by atoms with E-state index in [2.05, 4.69) is 37.5 Å². The third-order valence-electron chi connectivity index (χ3n) is 6.85. The van der Waals surface area contributed by atoms with E-state index in [1.807, 2.05) is 78.5 Å². The van der Waals surface area contributed by atoms with Gasteiger partial charge in [0.15, 0.2) is 0 Å². The standard InChI is InChI=1S/C31H26N8O2/c1-38-26-12-14-33-30(41)25(26)18-27(38)29-22(19-34-31(32)37-29)7-6-20-4-2-5-21(16-20)17-28(40)36-23-8-10-24(11-9-23)39-15-3-13-35-39/h2-5,8-11,13,15-16,18-19H,12,14,17H2,1H3,(H,33,41)(H,36,40)(H2,32,34,37). The van der Waals surface area contributed by atoms with Crippen LogP contribution in [0.2, 0.25) is 0 Å². The highest BCUT2D eigenvalue weighted by molar-refractivity contribution is 5.98. The number of aromatic nitrogens is 5. The second-order valence-electron chi connectivity index (χ2n) is 9.62. The lowest BCUT2D eigenvalue weighted by atomic mass is 10.1. The number of anilines is 2. The van der Waals surface area contributed by atoms with Gasteiger partial charge in [0.1, 0.15) is 5.69 Å². The van der Waals surface area contributed by atoms with Crippen molar-refractivity contribution in [3.05, 3.63) is 107 Å². The fourth-order valence-electron chi connectivity index (χ4n) is 4.85. The first kappa shape index (κ1) is 25.6. The van der Waals surface area contributed by atoms with E-state index in [4.69, 9.17) is 5.73 Å². The molecule has 5 aromatic rings. The molecule has 0 bridgehead atoms. The Morgan fingerprint density at radius 1 is 1.12 bits per heavy atom. The second-order valence-corrected chi connectivity index (χ2v) is 9.62. The van der Waals surface area contributed by atoms with Crippen molar-refractivity contribution in [3.63, 3.8) is 0 Å². The molecule has 4 heterocycles. The van der Waals surface area contributed by atoms with Gasteiger partial charge < -0.3 is 20.9 Å². The van der Waals surface area contributed by atoms with Crippen molar-refractivity contribution < 1.29 is 9.59 Å². The van der Waals surface area contributed by atoms with Gasteiger partial charge in [0.2, 0.25) is 11.9 Å². The molecule has 0 unspecified atom stereocenters. The Kier molecular flexibility index (Phi) is 6.75. The number of carbonyl (C=O) groups excluding carboxylic acids is 2. The quantitative estimate of drug-likeness (QED) is 0.292. The first-order valence-corrected chi connectivity index (χ1v) is 13.1. The Morgan fingerprint density at radius 3 is 2.76 bits per heavy atom. The van der Waals surface area contributed by atoms with Crippen molar-refractivity contribution >= 4 is 23.5 Å². The minimum atomic E-state index is -0.132. The van der Waals surface area contributed by atoms with E-state index in [0.717, 1.165) is 34.6 Å². The van der Waals surface area contributed by atoms with E-state index >= 15 is 0 Å². The number of hydrogen-bond acceptors (Lipinski definition) is 6. The van der Waals surface area contributed by atoms with Crippen LogP contribution in [0.4, 0.5) is 11.6 Å². The molecule has 0 fully saturated rings. The lowest BCUT2D eigenvalue weighted by molar-refractivity contribution is -0.115. The van der Waals surface area contributed by atoms with Crippen LogP contribution in [0.25, 0.3) is 17.1 Å². The first-order chi connectivity index (χ1) is 19.9. The number of carbonyl (C=O) groups is 2. The SMILES string of the molecule is Cn1c(-c2nc(N)ncc2C#Cc2cccc(CC(=O)Nc3ccc(-n4cccn4)cc3)c2)cc2c1CCNC2=O. The third-order valence-corrected chi connectivity index (χ3v) is 6.85. The summed E-state index contributed by atoms with van der Waals surface area (Å²) in [4.78, 5) is 33.7. The molecule has 1 aliphatic rings. The van der Waals surface area contributed by atoms with E-state index in [1.54, 1.807) is 17.1 Å². The summed E-state index contributed by atoms with van der Waals surface area (Å²) >= 11 is 0. The number of benzene rings is 2. The molecule has 2 amide bonds. The van der Waals surface area contributed by atoms with Gasteiger partial charge in [0, 0.05) is 55.5 Å². The van der Waals surface area contributed by atoms with E-state index in [9.17, 15) is 9.59 Å². The molecule has 202 valence electrons. The van der Waals surface area contributed by atoms with Gasteiger partial charge >= 0.3 is 0 Å². The fourth-order valence-corrected chi connectivity index (χ4v) is 4.85. The molecule has 0 saturated heterocycles. The lowest BCUT2D eigenvalue weighted by Crippen LogP contribution is -2.31. The number of hydrogen-bond donors (Lipinski definition) is 3. The molecule has 6 rings (SSSR count). The average Bonchev–Trinajstić information content (AvgIpc) is 3.62. The molecule has 0 atom stereocenters. The first-order valence-electron chi connectivity index (χ1n) is 13.1. The van der Waals surface area contributed by atoms with Crippen LogP contribution < -0.4 is 16.4 Å². The summed E-state index contributed by atoms with van der Waals surface area (Å²) in [5, 5.41) is 10.0. The summed E-state index contributed by atoms with van der Waals surface area (Å²) in [6.07, 6.45) is 6.09. The molecule has 10 nitrogen and oxygen atoms in total. The smallest absolute Gasteiger partial charge is 0.253 e. The molecular formula is C31H26N8O2. The Bertz CT molecular complexity index is 1830. The number of fused-ring (bicyclic) bond motifs is 1. The number of amides is 2. The predicted molar refractivity (Wildman–Crippen MR) is 155 cm³/mol. The summed E-state index contributed by atoms with van der Waals surface area (Å²) in [5.74, 6) is 6.21. The van der Waals surface area contributed by atoms with Crippen LogP contribution in [0.5, 0.6) is 0 Å². The minimum Gasteiger partial charge on any atom is -0.368 e. The molecule has 4 N–H and O–H groups in total. The van der Waals surface area contributed by atoms with Gasteiger partial charge in [-0.15, -0.1) is 0 Å². The zero-order valence-electron chi connectivity index (χ0n) is 22.3. The van der Waals surface area contributed by atoms with Gasteiger partial charge in [-0.1, -0.05) is 24.0 Å². The highest BCUT2D eigenvalue weighted by atomic mass is 16.2. The van der Waals surface area contributed by atoms with Crippen molar-refractivity contribution in [1.29, 1.82) is 0 Å². The zero-order chi connectivity index (χ0) is 28.3. The zero-order valence-corrected chi connectivity index (χ0v) is 22.3. The molecule has 0 aliphatic carbocycles. The summed E-state index contributed by atoms with van der Waals surface area (Å²) < 4.78 is 3.72. The predicted octanol–water partition coefficient (Wildman–Crippen LogP) is 3.12. The summed E-state index contributed by atoms with van der Waals surface area (Å²) in [5.41, 5.74) is 12.6. The van der Waals surface area contributed by atoms with Gasteiger partial charge in [0.05, 0.1) is 28.9 Å². The van der Waals surface area contributed by atoms with Crippen molar-refractivity contribution in [1.82, 2.24) is 29.6 Å². The fraction of sp³-hybridized carbons (Fsp3) is 0.129. The molecule has 10 heteroatoms. The largest absolute Gasteiger partial charge is 0.368 e. The van der Waals surface area contributed by atoms with Gasteiger partial charge in [-0.25, -0.2) is 14.6 Å². The van der Waals surface area contributed by atoms with Crippen LogP contribution in [0.1, 0.15) is 32.7 Å². The number of nitrogen functional groups attached to an aromatic ring is 1. The summed E-state index contributed by atoms with van der Waals surface area (Å²) in [6, 6.07) is 18.7. The van der Waals surface area contributed by atoms with Crippen molar-refractivity contribution in [2.45, 2.75) is 12.8 Å². The van der Waals surface area contributed by atoms with E-state index in [-0.39, 0.29) is 24.2 Å². The van der Waals surface area contributed by atoms with E-state index in [0.29, 0.717) is 29.1 Å². The third kappa shape index (κ3) is 5.42. The maximum atomic E-state index is 12.7. The summed E-state index contributed by atoms with van der Waals surface area (Å²) in [7, 11) is 1.91. The minimum absolute atomic E-state index is 0.102. The van der Waals surface area contributed by atoms with Crippen LogP contribution in [-0.4, -0.2) is 42.7 Å². The van der Waals surface area contributed by atoms with E-state index < -0.39 is 0 Å². The molecule has 2 aromatic carbocycles. The molecule has 0 spiro atoms. The molecule has 1 aliphatic heterocycles. The van der Waals surface area contributed by atoms with Crippen LogP contribution >= 0.6 is 0 Å². The van der Waals surface area contributed by atoms with Crippen molar-refractivity contribution in [2.24, 2.45) is 7.05 Å². The number of rotatable bonds is 5. The Balaban J connectivity index is 1.19. The molecule has 0 saturated carbocycles. The van der Waals surface area contributed by atoms with Crippen LogP contribution in [0.3, 0.4) is 0 Å². The van der Waals surface area contributed by atoms with Crippen molar-refractivity contribution in [2.75, 3.05) is 17.6 Å². The number of nitrogens with zero attached hydrogens (tertiary/aromatic N) is 5. The maximum Gasteiger partial charge on any atom is 0.253 e. The molecule has 0 radical (unpaired) electrons. The van der Waals surface area contributed by atoms with Gasteiger partial charge in [-0.05, 0) is 54.1 Å². The highest BCUT2D eigenvalue weighted by Crippen LogP contribution is 2.28. The highest BCUT2D eigenvalue weighted by Gasteiger charge is 2.24. The molecule has 3 aromatic heterocycles. The maximum absolute atomic E-state index is 12.7. The second kappa shape index (κ2) is 10.8. The molecule has 41 heavy (non-hydrogen) atoms. The monoisotopic (exact) mass is 542 g/mol. The Hall–Kier alpha value is -5.69. The van der Waals surface area contributed by atoms with Crippen LogP contribution in [-0.2, 0) is 24.7 Å². The van der Waals surface area contributed by atoms with Gasteiger partial charge in [0.25, 0.3) is 5.91 Å². The normalized spacial score (nSPS) is 12.2. The van der Waals surface area contributed by atoms with Gasteiger partial charge in [-0.3, -0.25) is 9.59 Å². The van der Waals surface area contributed by atoms with Gasteiger partial charge in [-0.2, -0.15) is 5.10 Å². The number of nitrogens with one attached hydrogen (secondary N) is 2. The van der Waals surface area contributed by atoms with E-state index in [1.165, 1.54) is 0 Å². The number of nitrogens with two attached hydrogens (primary N) is 1. The van der Waals surface area contributed by atoms with Crippen molar-refractivity contribution in [3.8, 4) is 28.9 Å². The molecular weight excluding hydrogens is 516 g/mol. The lowest BCUT2D eigenvalue weighted by Gasteiger charge is -2.14. The van der Waals surface area contributed by atoms with Crippen LogP contribution in [0, 0.1) is 11.8 Å². The van der Waals surface area contributed by atoms with Crippen LogP contribution in [0.15, 0.2) is 79.3 Å². The average molecular weight is 543 g/mol. The summed E-state index contributed by atoms with van der Waals surface area (Å²) in [6.45, 7) is 0.592.